The first kappa shape index (κ1) is 24.8. The van der Waals surface area contributed by atoms with Crippen LogP contribution in [0.3, 0.4) is 0 Å². The van der Waals surface area contributed by atoms with Crippen LogP contribution >= 0.6 is 11.6 Å². The SMILES string of the molecule is O=C([C@@H]1CNC[C@H]1c1ccccc1-c1ccc(Cl)nc1)N1CC[C@H](c2ccccc2)C[C@@H]1c1ccccc1. The van der Waals surface area contributed by atoms with Crippen molar-refractivity contribution in [2.24, 2.45) is 5.92 Å². The van der Waals surface area contributed by atoms with E-state index in [1.807, 2.05) is 30.5 Å². The van der Waals surface area contributed by atoms with Crippen LogP contribution in [0.2, 0.25) is 5.15 Å². The van der Waals surface area contributed by atoms with Gasteiger partial charge in [-0.25, -0.2) is 4.98 Å². The molecular formula is C33H32ClN3O. The third kappa shape index (κ3) is 4.99. The van der Waals surface area contributed by atoms with E-state index in [2.05, 4.69) is 88.0 Å². The third-order valence-electron chi connectivity index (χ3n) is 8.27. The largest absolute Gasteiger partial charge is 0.335 e. The molecule has 1 amide bonds. The molecule has 3 aromatic carbocycles. The van der Waals surface area contributed by atoms with Crippen molar-refractivity contribution in [2.75, 3.05) is 19.6 Å². The van der Waals surface area contributed by atoms with E-state index in [1.54, 1.807) is 0 Å². The molecule has 4 aromatic rings. The maximum atomic E-state index is 14.4. The first-order valence-electron chi connectivity index (χ1n) is 13.5. The number of aromatic nitrogens is 1. The van der Waals surface area contributed by atoms with E-state index < -0.39 is 0 Å². The molecule has 0 unspecified atom stereocenters. The summed E-state index contributed by atoms with van der Waals surface area (Å²) in [5.41, 5.74) is 5.91. The molecule has 38 heavy (non-hydrogen) atoms. The van der Waals surface area contributed by atoms with Gasteiger partial charge < -0.3 is 10.2 Å². The Hall–Kier alpha value is -3.47. The van der Waals surface area contributed by atoms with Crippen LogP contribution in [0.15, 0.2) is 103 Å². The Morgan fingerprint density at radius 1 is 0.842 bits per heavy atom. The lowest BCUT2D eigenvalue weighted by molar-refractivity contribution is -0.139. The highest BCUT2D eigenvalue weighted by Gasteiger charge is 2.41. The van der Waals surface area contributed by atoms with Crippen LogP contribution in [-0.4, -0.2) is 35.4 Å². The first-order chi connectivity index (χ1) is 18.7. The summed E-state index contributed by atoms with van der Waals surface area (Å²) in [6, 6.07) is 33.6. The first-order valence-corrected chi connectivity index (χ1v) is 13.9. The maximum absolute atomic E-state index is 14.4. The number of hydrogen-bond acceptors (Lipinski definition) is 3. The van der Waals surface area contributed by atoms with Gasteiger partial charge in [-0.2, -0.15) is 0 Å². The summed E-state index contributed by atoms with van der Waals surface area (Å²) in [5.74, 6) is 0.680. The third-order valence-corrected chi connectivity index (χ3v) is 8.49. The Kier molecular flexibility index (Phi) is 7.26. The fourth-order valence-electron chi connectivity index (χ4n) is 6.34. The van der Waals surface area contributed by atoms with Gasteiger partial charge in [0.2, 0.25) is 5.91 Å². The summed E-state index contributed by atoms with van der Waals surface area (Å²) in [5, 5.41) is 4.01. The highest BCUT2D eigenvalue weighted by Crippen LogP contribution is 2.42. The second-order valence-corrected chi connectivity index (χ2v) is 10.8. The minimum absolute atomic E-state index is 0.0691. The Bertz CT molecular complexity index is 1380. The van der Waals surface area contributed by atoms with E-state index >= 15 is 0 Å². The second-order valence-electron chi connectivity index (χ2n) is 10.4. The number of likely N-dealkylation sites (tertiary alicyclic amines) is 1. The molecule has 0 saturated carbocycles. The molecule has 0 radical (unpaired) electrons. The lowest BCUT2D eigenvalue weighted by atomic mass is 9.80. The Morgan fingerprint density at radius 3 is 2.29 bits per heavy atom. The van der Waals surface area contributed by atoms with Crippen molar-refractivity contribution in [1.82, 2.24) is 15.2 Å². The smallest absolute Gasteiger partial charge is 0.228 e. The molecule has 192 valence electrons. The Labute approximate surface area is 229 Å². The number of rotatable bonds is 5. The molecule has 5 heteroatoms. The number of pyridine rings is 1. The minimum atomic E-state index is -0.115. The number of nitrogens with zero attached hydrogens (tertiary/aromatic N) is 2. The van der Waals surface area contributed by atoms with E-state index in [-0.39, 0.29) is 23.8 Å². The van der Waals surface area contributed by atoms with E-state index in [1.165, 1.54) is 16.7 Å². The standard InChI is InChI=1S/C33H32ClN3O/c34-32-16-15-26(20-36-32)27-13-7-8-14-28(27)29-21-35-22-30(29)33(38)37-18-17-25(23-9-3-1-4-10-23)19-31(37)24-11-5-2-6-12-24/h1-16,20,25,29-31,35H,17-19,21-22H2/t25-,29-,30+,31+/m0/s1. The van der Waals surface area contributed by atoms with Crippen LogP contribution < -0.4 is 5.32 Å². The lowest BCUT2D eigenvalue weighted by Gasteiger charge is -2.42. The molecule has 2 aliphatic rings. The fourth-order valence-corrected chi connectivity index (χ4v) is 6.46. The zero-order chi connectivity index (χ0) is 25.9. The summed E-state index contributed by atoms with van der Waals surface area (Å²) < 4.78 is 0. The van der Waals surface area contributed by atoms with Crippen molar-refractivity contribution in [3.8, 4) is 11.1 Å². The summed E-state index contributed by atoms with van der Waals surface area (Å²) >= 11 is 6.06. The average Bonchev–Trinajstić information content (AvgIpc) is 3.48. The highest BCUT2D eigenvalue weighted by molar-refractivity contribution is 6.29. The zero-order valence-corrected chi connectivity index (χ0v) is 22.1. The number of nitrogens with one attached hydrogen (secondary N) is 1. The van der Waals surface area contributed by atoms with Gasteiger partial charge >= 0.3 is 0 Å². The number of amides is 1. The summed E-state index contributed by atoms with van der Waals surface area (Å²) in [7, 11) is 0. The summed E-state index contributed by atoms with van der Waals surface area (Å²) in [6.07, 6.45) is 3.74. The topological polar surface area (TPSA) is 45.2 Å². The molecule has 4 nitrogen and oxygen atoms in total. The molecular weight excluding hydrogens is 490 g/mol. The highest BCUT2D eigenvalue weighted by atomic mass is 35.5. The normalized spacial score (nSPS) is 23.3. The van der Waals surface area contributed by atoms with Crippen molar-refractivity contribution in [3.05, 3.63) is 125 Å². The molecule has 0 spiro atoms. The van der Waals surface area contributed by atoms with Gasteiger partial charge in [0.25, 0.3) is 0 Å². The van der Waals surface area contributed by atoms with E-state index in [0.29, 0.717) is 17.6 Å². The predicted octanol–water partition coefficient (Wildman–Crippen LogP) is 6.85. The van der Waals surface area contributed by atoms with Crippen molar-refractivity contribution >= 4 is 17.5 Å². The number of carbonyl (C=O) groups is 1. The van der Waals surface area contributed by atoms with E-state index in [0.717, 1.165) is 37.1 Å². The number of halogens is 1. The van der Waals surface area contributed by atoms with Gasteiger partial charge in [-0.05, 0) is 53.1 Å². The quantitative estimate of drug-likeness (QED) is 0.292. The zero-order valence-electron chi connectivity index (χ0n) is 21.3. The minimum Gasteiger partial charge on any atom is -0.335 e. The summed E-state index contributed by atoms with van der Waals surface area (Å²) in [4.78, 5) is 20.8. The van der Waals surface area contributed by atoms with Crippen molar-refractivity contribution in [3.63, 3.8) is 0 Å². The van der Waals surface area contributed by atoms with Crippen LogP contribution in [0, 0.1) is 5.92 Å². The number of hydrogen-bond donors (Lipinski definition) is 1. The molecule has 2 saturated heterocycles. The Balaban J connectivity index is 1.30. The van der Waals surface area contributed by atoms with Crippen molar-refractivity contribution in [1.29, 1.82) is 0 Å². The van der Waals surface area contributed by atoms with E-state index in [4.69, 9.17) is 11.6 Å². The molecule has 0 bridgehead atoms. The van der Waals surface area contributed by atoms with Gasteiger partial charge in [0.05, 0.1) is 12.0 Å². The molecule has 0 aliphatic carbocycles. The average molecular weight is 522 g/mol. The number of benzene rings is 3. The van der Waals surface area contributed by atoms with Gasteiger partial charge in [0.15, 0.2) is 0 Å². The fraction of sp³-hybridized carbons (Fsp3) is 0.273. The molecule has 6 rings (SSSR count). The number of piperidine rings is 1. The van der Waals surface area contributed by atoms with Crippen LogP contribution in [0.4, 0.5) is 0 Å². The van der Waals surface area contributed by atoms with Gasteiger partial charge in [0, 0.05) is 37.3 Å². The van der Waals surface area contributed by atoms with Gasteiger partial charge in [-0.1, -0.05) is 96.5 Å². The molecule has 1 aromatic heterocycles. The van der Waals surface area contributed by atoms with E-state index in [9.17, 15) is 4.79 Å². The molecule has 1 N–H and O–H groups in total. The van der Waals surface area contributed by atoms with Gasteiger partial charge in [-0.15, -0.1) is 0 Å². The second kappa shape index (κ2) is 11.1. The molecule has 4 atom stereocenters. The van der Waals surface area contributed by atoms with Crippen LogP contribution in [0.5, 0.6) is 0 Å². The monoisotopic (exact) mass is 521 g/mol. The van der Waals surface area contributed by atoms with Gasteiger partial charge in [-0.3, -0.25) is 4.79 Å². The molecule has 3 heterocycles. The predicted molar refractivity (Wildman–Crippen MR) is 153 cm³/mol. The summed E-state index contributed by atoms with van der Waals surface area (Å²) in [6.45, 7) is 2.24. The number of carbonyl (C=O) groups excluding carboxylic acids is 1. The van der Waals surface area contributed by atoms with Crippen molar-refractivity contribution < 1.29 is 4.79 Å². The molecule has 2 aliphatic heterocycles. The van der Waals surface area contributed by atoms with Gasteiger partial charge in [0.1, 0.15) is 5.15 Å². The van der Waals surface area contributed by atoms with Crippen LogP contribution in [0.25, 0.3) is 11.1 Å². The van der Waals surface area contributed by atoms with Crippen LogP contribution in [0.1, 0.15) is 47.4 Å². The maximum Gasteiger partial charge on any atom is 0.228 e. The van der Waals surface area contributed by atoms with Crippen molar-refractivity contribution in [2.45, 2.75) is 30.7 Å². The molecule has 2 fully saturated rings. The van der Waals surface area contributed by atoms with Crippen LogP contribution in [-0.2, 0) is 4.79 Å². The lowest BCUT2D eigenvalue weighted by Crippen LogP contribution is -2.45. The Morgan fingerprint density at radius 2 is 1.55 bits per heavy atom.